The van der Waals surface area contributed by atoms with E-state index in [9.17, 15) is 9.59 Å². The Morgan fingerprint density at radius 3 is 2.83 bits per heavy atom. The van der Waals surface area contributed by atoms with Gasteiger partial charge in [-0.05, 0) is 32.6 Å². The van der Waals surface area contributed by atoms with Crippen molar-refractivity contribution in [2.75, 3.05) is 6.61 Å². The van der Waals surface area contributed by atoms with Crippen LogP contribution in [0.3, 0.4) is 0 Å². The monoisotopic (exact) mass is 254 g/mol. The molecule has 3 atom stereocenters. The van der Waals surface area contributed by atoms with Crippen molar-refractivity contribution in [2.24, 2.45) is 11.3 Å². The number of cyclic esters (lactones) is 2. The van der Waals surface area contributed by atoms with E-state index >= 15 is 0 Å². The number of esters is 2. The Morgan fingerprint density at radius 1 is 1.39 bits per heavy atom. The first-order chi connectivity index (χ1) is 8.16. The van der Waals surface area contributed by atoms with Crippen LogP contribution in [0, 0.1) is 11.3 Å². The molecule has 1 aliphatic carbocycles. The lowest BCUT2D eigenvalue weighted by Gasteiger charge is -2.37. The second-order valence-corrected chi connectivity index (χ2v) is 5.17. The van der Waals surface area contributed by atoms with Crippen LogP contribution < -0.4 is 0 Å². The summed E-state index contributed by atoms with van der Waals surface area (Å²) in [6.07, 6.45) is 5.21. The summed E-state index contributed by atoms with van der Waals surface area (Å²) in [5, 5.41) is 0. The summed E-state index contributed by atoms with van der Waals surface area (Å²) < 4.78 is 10.6. The quantitative estimate of drug-likeness (QED) is 0.393. The SMILES string of the molecule is CC1=CCCC2(C3CCCO3)C(=O)OC(=O)C12.O. The van der Waals surface area contributed by atoms with Gasteiger partial charge in [-0.25, -0.2) is 0 Å². The maximum atomic E-state index is 12.1. The van der Waals surface area contributed by atoms with E-state index in [4.69, 9.17) is 9.47 Å². The number of allylic oxidation sites excluding steroid dienone is 1. The number of hydrogen-bond donors (Lipinski definition) is 0. The molecule has 100 valence electrons. The van der Waals surface area contributed by atoms with Gasteiger partial charge in [0.15, 0.2) is 0 Å². The van der Waals surface area contributed by atoms with Crippen molar-refractivity contribution in [3.63, 3.8) is 0 Å². The van der Waals surface area contributed by atoms with Gasteiger partial charge in [0.25, 0.3) is 0 Å². The van der Waals surface area contributed by atoms with Crippen molar-refractivity contribution in [1.29, 1.82) is 0 Å². The van der Waals surface area contributed by atoms with Crippen molar-refractivity contribution < 1.29 is 24.5 Å². The Labute approximate surface area is 105 Å². The first-order valence-electron chi connectivity index (χ1n) is 6.20. The molecule has 0 radical (unpaired) electrons. The molecule has 2 heterocycles. The summed E-state index contributed by atoms with van der Waals surface area (Å²) in [4.78, 5) is 24.0. The number of carbonyl (C=O) groups excluding carboxylic acids is 2. The van der Waals surface area contributed by atoms with E-state index < -0.39 is 11.3 Å². The predicted molar refractivity (Wildman–Crippen MR) is 62.6 cm³/mol. The number of rotatable bonds is 1. The molecule has 18 heavy (non-hydrogen) atoms. The Morgan fingerprint density at radius 2 is 2.17 bits per heavy atom. The standard InChI is InChI=1S/C13H16O4.H2O/c1-8-4-2-6-13(9-5-3-7-16-9)10(8)11(14)17-12(13)15;/h4,9-10H,2-3,5-7H2,1H3;1H2. The lowest BCUT2D eigenvalue weighted by atomic mass is 9.64. The van der Waals surface area contributed by atoms with Gasteiger partial charge in [-0.15, -0.1) is 0 Å². The molecular weight excluding hydrogens is 236 g/mol. The molecule has 5 nitrogen and oxygen atoms in total. The van der Waals surface area contributed by atoms with Gasteiger partial charge in [0, 0.05) is 6.61 Å². The first kappa shape index (κ1) is 13.2. The second kappa shape index (κ2) is 4.48. The minimum Gasteiger partial charge on any atom is -0.412 e. The third-order valence-corrected chi connectivity index (χ3v) is 4.31. The highest BCUT2D eigenvalue weighted by Crippen LogP contribution is 2.52. The van der Waals surface area contributed by atoms with Crippen molar-refractivity contribution in [3.8, 4) is 0 Å². The Kier molecular flexibility index (Phi) is 3.29. The van der Waals surface area contributed by atoms with Gasteiger partial charge in [-0.2, -0.15) is 0 Å². The van der Waals surface area contributed by atoms with Crippen LogP contribution in [0.2, 0.25) is 0 Å². The van der Waals surface area contributed by atoms with Crippen LogP contribution >= 0.6 is 0 Å². The molecule has 0 bridgehead atoms. The van der Waals surface area contributed by atoms with Gasteiger partial charge in [0.05, 0.1) is 12.0 Å². The van der Waals surface area contributed by atoms with Gasteiger partial charge in [-0.1, -0.05) is 11.6 Å². The smallest absolute Gasteiger partial charge is 0.323 e. The van der Waals surface area contributed by atoms with Crippen LogP contribution in [0.4, 0.5) is 0 Å². The molecule has 3 rings (SSSR count). The van der Waals surface area contributed by atoms with Crippen LogP contribution in [-0.2, 0) is 19.1 Å². The fourth-order valence-corrected chi connectivity index (χ4v) is 3.53. The molecule has 0 spiro atoms. The summed E-state index contributed by atoms with van der Waals surface area (Å²) >= 11 is 0. The molecule has 0 aromatic rings. The molecule has 3 unspecified atom stereocenters. The van der Waals surface area contributed by atoms with Crippen molar-refractivity contribution in [2.45, 2.75) is 38.7 Å². The summed E-state index contributed by atoms with van der Waals surface area (Å²) in [7, 11) is 0. The molecular formula is C13H18O5. The summed E-state index contributed by atoms with van der Waals surface area (Å²) in [5.41, 5.74) is 0.231. The third-order valence-electron chi connectivity index (χ3n) is 4.31. The number of carbonyl (C=O) groups is 2. The molecule has 5 heteroatoms. The van der Waals surface area contributed by atoms with E-state index in [0.29, 0.717) is 13.0 Å². The highest BCUT2D eigenvalue weighted by Gasteiger charge is 2.63. The average molecular weight is 254 g/mol. The van der Waals surface area contributed by atoms with Crippen molar-refractivity contribution >= 4 is 11.9 Å². The molecule has 0 aromatic heterocycles. The topological polar surface area (TPSA) is 84.1 Å². The third kappa shape index (κ3) is 1.54. The van der Waals surface area contributed by atoms with Gasteiger partial charge >= 0.3 is 11.9 Å². The van der Waals surface area contributed by atoms with Gasteiger partial charge in [0.2, 0.25) is 0 Å². The van der Waals surface area contributed by atoms with E-state index in [2.05, 4.69) is 0 Å². The highest BCUT2D eigenvalue weighted by molar-refractivity contribution is 6.01. The maximum Gasteiger partial charge on any atom is 0.323 e. The zero-order valence-electron chi connectivity index (χ0n) is 10.4. The summed E-state index contributed by atoms with van der Waals surface area (Å²) in [6, 6.07) is 0. The van der Waals surface area contributed by atoms with Gasteiger partial charge < -0.3 is 14.9 Å². The second-order valence-electron chi connectivity index (χ2n) is 5.17. The molecule has 2 saturated heterocycles. The van der Waals surface area contributed by atoms with Crippen LogP contribution in [-0.4, -0.2) is 30.1 Å². The van der Waals surface area contributed by atoms with Crippen LogP contribution in [0.1, 0.15) is 32.6 Å². The molecule has 0 saturated carbocycles. The van der Waals surface area contributed by atoms with E-state index in [1.54, 1.807) is 0 Å². The normalized spacial score (nSPS) is 38.8. The number of hydrogen-bond acceptors (Lipinski definition) is 4. The molecule has 2 aliphatic heterocycles. The minimum absolute atomic E-state index is 0. The lowest BCUT2D eigenvalue weighted by Crippen LogP contribution is -2.46. The van der Waals surface area contributed by atoms with E-state index in [1.807, 2.05) is 13.0 Å². The summed E-state index contributed by atoms with van der Waals surface area (Å²) in [6.45, 7) is 2.59. The van der Waals surface area contributed by atoms with Gasteiger partial charge in [-0.3, -0.25) is 9.59 Å². The van der Waals surface area contributed by atoms with Crippen molar-refractivity contribution in [3.05, 3.63) is 11.6 Å². The molecule has 2 fully saturated rings. The fourth-order valence-electron chi connectivity index (χ4n) is 3.53. The maximum absolute atomic E-state index is 12.1. The first-order valence-corrected chi connectivity index (χ1v) is 6.20. The average Bonchev–Trinajstić information content (AvgIpc) is 2.88. The van der Waals surface area contributed by atoms with E-state index in [0.717, 1.165) is 24.8 Å². The van der Waals surface area contributed by atoms with Crippen LogP contribution in [0.15, 0.2) is 11.6 Å². The predicted octanol–water partition coefficient (Wildman–Crippen LogP) is 0.767. The molecule has 0 amide bonds. The Balaban J connectivity index is 0.00000120. The van der Waals surface area contributed by atoms with Crippen LogP contribution in [0.5, 0.6) is 0 Å². The highest BCUT2D eigenvalue weighted by atomic mass is 16.6. The number of ether oxygens (including phenoxy) is 2. The van der Waals surface area contributed by atoms with E-state index in [-0.39, 0.29) is 23.5 Å². The summed E-state index contributed by atoms with van der Waals surface area (Å²) in [5.74, 6) is -1.17. The lowest BCUT2D eigenvalue weighted by molar-refractivity contribution is -0.158. The largest absolute Gasteiger partial charge is 0.412 e. The molecule has 0 aromatic carbocycles. The van der Waals surface area contributed by atoms with Crippen molar-refractivity contribution in [1.82, 2.24) is 0 Å². The zero-order valence-corrected chi connectivity index (χ0v) is 10.4. The van der Waals surface area contributed by atoms with Crippen LogP contribution in [0.25, 0.3) is 0 Å². The Bertz CT molecular complexity index is 408. The molecule has 3 aliphatic rings. The van der Waals surface area contributed by atoms with Gasteiger partial charge in [0.1, 0.15) is 5.41 Å². The zero-order chi connectivity index (χ0) is 12.0. The minimum atomic E-state index is -0.730. The fraction of sp³-hybridized carbons (Fsp3) is 0.692. The number of fused-ring (bicyclic) bond motifs is 1. The molecule has 2 N–H and O–H groups in total. The Hall–Kier alpha value is -1.20. The van der Waals surface area contributed by atoms with E-state index in [1.165, 1.54) is 0 Å².